The van der Waals surface area contributed by atoms with Crippen molar-refractivity contribution in [1.82, 2.24) is 10.6 Å². The van der Waals surface area contributed by atoms with Gasteiger partial charge in [-0.1, -0.05) is 26.2 Å². The highest BCUT2D eigenvalue weighted by molar-refractivity contribution is 4.78. The summed E-state index contributed by atoms with van der Waals surface area (Å²) in [5.41, 5.74) is 0. The quantitative estimate of drug-likeness (QED) is 0.680. The van der Waals surface area contributed by atoms with E-state index >= 15 is 0 Å². The molecule has 1 heterocycles. The summed E-state index contributed by atoms with van der Waals surface area (Å²) in [6.45, 7) is 6.01. The van der Waals surface area contributed by atoms with E-state index in [4.69, 9.17) is 0 Å². The monoisotopic (exact) mass is 210 g/mol. The van der Waals surface area contributed by atoms with Crippen LogP contribution >= 0.6 is 0 Å². The van der Waals surface area contributed by atoms with Crippen LogP contribution in [0.25, 0.3) is 0 Å². The molecule has 1 saturated heterocycles. The Morgan fingerprint density at radius 2 is 2.13 bits per heavy atom. The molecule has 0 aromatic carbocycles. The maximum absolute atomic E-state index is 3.61. The first-order valence-corrected chi connectivity index (χ1v) is 6.78. The predicted octanol–water partition coefficient (Wildman–Crippen LogP) is 2.15. The largest absolute Gasteiger partial charge is 0.315 e. The summed E-state index contributed by atoms with van der Waals surface area (Å²) >= 11 is 0. The Kier molecular flexibility index (Phi) is 4.45. The van der Waals surface area contributed by atoms with Gasteiger partial charge in [0, 0.05) is 12.6 Å². The van der Waals surface area contributed by atoms with Crippen molar-refractivity contribution < 1.29 is 0 Å². The lowest BCUT2D eigenvalue weighted by Crippen LogP contribution is -2.44. The van der Waals surface area contributed by atoms with Crippen molar-refractivity contribution in [2.75, 3.05) is 19.6 Å². The molecule has 0 radical (unpaired) electrons. The number of hydrogen-bond donors (Lipinski definition) is 2. The van der Waals surface area contributed by atoms with Gasteiger partial charge in [-0.2, -0.15) is 0 Å². The highest BCUT2D eigenvalue weighted by Gasteiger charge is 2.19. The Hall–Kier alpha value is -0.0800. The van der Waals surface area contributed by atoms with Crippen molar-refractivity contribution >= 4 is 0 Å². The van der Waals surface area contributed by atoms with Gasteiger partial charge in [0.1, 0.15) is 0 Å². The Morgan fingerprint density at radius 1 is 1.27 bits per heavy atom. The second-order valence-corrected chi connectivity index (χ2v) is 5.57. The summed E-state index contributed by atoms with van der Waals surface area (Å²) in [5.74, 6) is 1.97. The topological polar surface area (TPSA) is 24.1 Å². The van der Waals surface area contributed by atoms with Gasteiger partial charge in [-0.15, -0.1) is 0 Å². The van der Waals surface area contributed by atoms with Gasteiger partial charge in [-0.3, -0.25) is 0 Å². The van der Waals surface area contributed by atoms with Crippen LogP contribution in [0.15, 0.2) is 0 Å². The molecule has 2 fully saturated rings. The molecule has 0 bridgehead atoms. The van der Waals surface area contributed by atoms with E-state index in [2.05, 4.69) is 17.6 Å². The van der Waals surface area contributed by atoms with Gasteiger partial charge in [0.2, 0.25) is 0 Å². The second kappa shape index (κ2) is 5.86. The first kappa shape index (κ1) is 11.4. The summed E-state index contributed by atoms with van der Waals surface area (Å²) in [6, 6.07) is 0.732. The van der Waals surface area contributed by atoms with E-state index in [1.54, 1.807) is 0 Å². The van der Waals surface area contributed by atoms with Crippen LogP contribution in [0.2, 0.25) is 0 Å². The van der Waals surface area contributed by atoms with Crippen LogP contribution in [-0.4, -0.2) is 25.7 Å². The van der Waals surface area contributed by atoms with Crippen LogP contribution in [-0.2, 0) is 0 Å². The maximum atomic E-state index is 3.61. The predicted molar refractivity (Wildman–Crippen MR) is 65.0 cm³/mol. The Morgan fingerprint density at radius 3 is 2.80 bits per heavy atom. The van der Waals surface area contributed by atoms with Gasteiger partial charge in [0.05, 0.1) is 0 Å². The van der Waals surface area contributed by atoms with Crippen LogP contribution in [0.3, 0.4) is 0 Å². The number of piperidine rings is 1. The molecule has 0 aromatic rings. The van der Waals surface area contributed by atoms with E-state index in [1.807, 2.05) is 0 Å². The molecular formula is C13H26N2. The third-order valence-electron chi connectivity index (χ3n) is 4.10. The molecule has 1 aliphatic heterocycles. The molecule has 2 nitrogen and oxygen atoms in total. The number of hydrogen-bond acceptors (Lipinski definition) is 2. The third kappa shape index (κ3) is 3.76. The van der Waals surface area contributed by atoms with Crippen LogP contribution in [0.5, 0.6) is 0 Å². The Labute approximate surface area is 94.2 Å². The smallest absolute Gasteiger partial charge is 0.0195 e. The molecule has 15 heavy (non-hydrogen) atoms. The Balaban J connectivity index is 1.49. The normalized spacial score (nSPS) is 32.6. The van der Waals surface area contributed by atoms with Gasteiger partial charge in [-0.25, -0.2) is 0 Å². The SMILES string of the molecule is CC1CCNC(CNCCC2CCC2)C1. The van der Waals surface area contributed by atoms with Crippen molar-refractivity contribution in [2.24, 2.45) is 11.8 Å². The van der Waals surface area contributed by atoms with Gasteiger partial charge in [0.25, 0.3) is 0 Å². The van der Waals surface area contributed by atoms with Crippen molar-refractivity contribution in [1.29, 1.82) is 0 Å². The molecule has 2 N–H and O–H groups in total. The highest BCUT2D eigenvalue weighted by atomic mass is 15.0. The van der Waals surface area contributed by atoms with Gasteiger partial charge in [0.15, 0.2) is 0 Å². The van der Waals surface area contributed by atoms with Crippen molar-refractivity contribution in [3.05, 3.63) is 0 Å². The fourth-order valence-electron chi connectivity index (χ4n) is 2.74. The highest BCUT2D eigenvalue weighted by Crippen LogP contribution is 2.28. The molecule has 2 heteroatoms. The summed E-state index contributed by atoms with van der Waals surface area (Å²) in [6.07, 6.45) is 8.57. The Bertz CT molecular complexity index is 177. The number of rotatable bonds is 5. The standard InChI is InChI=1S/C13H26N2/c1-11-5-8-15-13(9-11)10-14-7-6-12-3-2-4-12/h11-15H,2-10H2,1H3. The van der Waals surface area contributed by atoms with E-state index in [0.29, 0.717) is 0 Å². The summed E-state index contributed by atoms with van der Waals surface area (Å²) in [7, 11) is 0. The van der Waals surface area contributed by atoms with E-state index in [1.165, 1.54) is 58.2 Å². The zero-order valence-corrected chi connectivity index (χ0v) is 10.1. The van der Waals surface area contributed by atoms with E-state index in [0.717, 1.165) is 17.9 Å². The zero-order valence-electron chi connectivity index (χ0n) is 10.1. The lowest BCUT2D eigenvalue weighted by molar-refractivity contribution is 0.280. The lowest BCUT2D eigenvalue weighted by Gasteiger charge is -2.29. The lowest BCUT2D eigenvalue weighted by atomic mass is 9.83. The minimum Gasteiger partial charge on any atom is -0.315 e. The maximum Gasteiger partial charge on any atom is 0.0195 e. The number of nitrogens with one attached hydrogen (secondary N) is 2. The molecule has 0 amide bonds. The zero-order chi connectivity index (χ0) is 10.5. The minimum atomic E-state index is 0.732. The van der Waals surface area contributed by atoms with Gasteiger partial charge < -0.3 is 10.6 Å². The average Bonchev–Trinajstić information content (AvgIpc) is 2.15. The first-order valence-electron chi connectivity index (χ1n) is 6.78. The molecule has 0 aromatic heterocycles. The fourth-order valence-corrected chi connectivity index (χ4v) is 2.74. The molecule has 0 spiro atoms. The van der Waals surface area contributed by atoms with Crippen molar-refractivity contribution in [3.8, 4) is 0 Å². The van der Waals surface area contributed by atoms with Crippen LogP contribution in [0.1, 0.15) is 45.4 Å². The van der Waals surface area contributed by atoms with Crippen LogP contribution in [0, 0.1) is 11.8 Å². The molecule has 1 aliphatic carbocycles. The molecule has 2 atom stereocenters. The third-order valence-corrected chi connectivity index (χ3v) is 4.10. The first-order chi connectivity index (χ1) is 7.34. The van der Waals surface area contributed by atoms with Crippen molar-refractivity contribution in [2.45, 2.75) is 51.5 Å². The molecule has 2 aliphatic rings. The molecule has 1 saturated carbocycles. The summed E-state index contributed by atoms with van der Waals surface area (Å²) in [5, 5.41) is 7.22. The van der Waals surface area contributed by atoms with Gasteiger partial charge in [-0.05, 0) is 44.2 Å². The van der Waals surface area contributed by atoms with Gasteiger partial charge >= 0.3 is 0 Å². The minimum absolute atomic E-state index is 0.732. The molecule has 2 unspecified atom stereocenters. The van der Waals surface area contributed by atoms with Crippen molar-refractivity contribution in [3.63, 3.8) is 0 Å². The molecule has 88 valence electrons. The molecule has 2 rings (SSSR count). The van der Waals surface area contributed by atoms with E-state index in [9.17, 15) is 0 Å². The fraction of sp³-hybridized carbons (Fsp3) is 1.00. The molecular weight excluding hydrogens is 184 g/mol. The summed E-state index contributed by atoms with van der Waals surface area (Å²) < 4.78 is 0. The average molecular weight is 210 g/mol. The van der Waals surface area contributed by atoms with Crippen LogP contribution < -0.4 is 10.6 Å². The van der Waals surface area contributed by atoms with E-state index in [-0.39, 0.29) is 0 Å². The summed E-state index contributed by atoms with van der Waals surface area (Å²) in [4.78, 5) is 0. The second-order valence-electron chi connectivity index (χ2n) is 5.57. The van der Waals surface area contributed by atoms with E-state index < -0.39 is 0 Å². The van der Waals surface area contributed by atoms with Crippen LogP contribution in [0.4, 0.5) is 0 Å².